The van der Waals surface area contributed by atoms with E-state index in [1.807, 2.05) is 6.20 Å². The molecule has 1 saturated heterocycles. The van der Waals surface area contributed by atoms with E-state index >= 15 is 0 Å². The molecule has 2 aromatic heterocycles. The second kappa shape index (κ2) is 6.86. The number of aryl methyl sites for hydroxylation is 2. The number of benzene rings is 1. The van der Waals surface area contributed by atoms with E-state index in [0.717, 1.165) is 58.8 Å². The number of aromatic nitrogens is 3. The number of aromatic amines is 2. The van der Waals surface area contributed by atoms with Crippen LogP contribution in [-0.2, 0) is 23.0 Å². The SMILES string of the molecule is CC1(C)CN(CCN2CCOCC2)c2cc3c4c([nH]c3cc21)-c1[nH]ncc1CCC4. The van der Waals surface area contributed by atoms with Gasteiger partial charge in [0.25, 0.3) is 0 Å². The van der Waals surface area contributed by atoms with E-state index in [2.05, 4.69) is 51.0 Å². The van der Waals surface area contributed by atoms with E-state index in [-0.39, 0.29) is 5.41 Å². The number of nitrogens with zero attached hydrogens (tertiary/aromatic N) is 3. The first-order chi connectivity index (χ1) is 14.6. The van der Waals surface area contributed by atoms with E-state index in [9.17, 15) is 0 Å². The highest BCUT2D eigenvalue weighted by atomic mass is 16.5. The Morgan fingerprint density at radius 2 is 1.97 bits per heavy atom. The summed E-state index contributed by atoms with van der Waals surface area (Å²) in [5.41, 5.74) is 9.54. The van der Waals surface area contributed by atoms with Crippen molar-refractivity contribution in [1.82, 2.24) is 20.1 Å². The summed E-state index contributed by atoms with van der Waals surface area (Å²) in [6, 6.07) is 4.89. The van der Waals surface area contributed by atoms with Gasteiger partial charge in [-0.3, -0.25) is 10.00 Å². The van der Waals surface area contributed by atoms with Crippen molar-refractivity contribution in [1.29, 1.82) is 0 Å². The first-order valence-corrected chi connectivity index (χ1v) is 11.4. The molecular formula is C24H31N5O. The fourth-order valence-electron chi connectivity index (χ4n) is 5.67. The maximum Gasteiger partial charge on any atom is 0.0847 e. The van der Waals surface area contributed by atoms with Crippen LogP contribution in [0.3, 0.4) is 0 Å². The van der Waals surface area contributed by atoms with Gasteiger partial charge in [-0.15, -0.1) is 0 Å². The van der Waals surface area contributed by atoms with Gasteiger partial charge in [-0.2, -0.15) is 5.10 Å². The lowest BCUT2D eigenvalue weighted by atomic mass is 9.86. The Bertz CT molecular complexity index is 1090. The van der Waals surface area contributed by atoms with Crippen molar-refractivity contribution in [3.8, 4) is 11.4 Å². The molecule has 0 amide bonds. The van der Waals surface area contributed by atoms with Crippen LogP contribution in [0.15, 0.2) is 18.3 Å². The summed E-state index contributed by atoms with van der Waals surface area (Å²) in [6.07, 6.45) is 5.38. The summed E-state index contributed by atoms with van der Waals surface area (Å²) in [7, 11) is 0. The van der Waals surface area contributed by atoms with Gasteiger partial charge in [-0.1, -0.05) is 13.8 Å². The lowest BCUT2D eigenvalue weighted by molar-refractivity contribution is 0.0391. The summed E-state index contributed by atoms with van der Waals surface area (Å²) in [6.45, 7) is 11.9. The number of H-pyrrole nitrogens is 2. The highest BCUT2D eigenvalue weighted by Gasteiger charge is 2.36. The summed E-state index contributed by atoms with van der Waals surface area (Å²) < 4.78 is 5.52. The Morgan fingerprint density at radius 1 is 1.10 bits per heavy atom. The predicted octanol–water partition coefficient (Wildman–Crippen LogP) is 3.48. The molecule has 0 radical (unpaired) electrons. The number of ether oxygens (including phenoxy) is 1. The summed E-state index contributed by atoms with van der Waals surface area (Å²) >= 11 is 0. The first-order valence-electron chi connectivity index (χ1n) is 11.4. The number of hydrogen-bond acceptors (Lipinski definition) is 4. The number of rotatable bonds is 3. The number of anilines is 1. The fourth-order valence-corrected chi connectivity index (χ4v) is 5.67. The molecule has 1 aliphatic carbocycles. The lowest BCUT2D eigenvalue weighted by Crippen LogP contribution is -2.42. The van der Waals surface area contributed by atoms with Crippen LogP contribution in [-0.4, -0.2) is 66.0 Å². The van der Waals surface area contributed by atoms with Crippen LogP contribution < -0.4 is 4.90 Å². The van der Waals surface area contributed by atoms with Crippen molar-refractivity contribution in [3.05, 3.63) is 35.0 Å². The van der Waals surface area contributed by atoms with Gasteiger partial charge in [0.2, 0.25) is 0 Å². The molecule has 4 heterocycles. The second-order valence-electron chi connectivity index (χ2n) is 9.78. The number of nitrogens with one attached hydrogen (secondary N) is 2. The number of morpholine rings is 1. The minimum absolute atomic E-state index is 0.163. The van der Waals surface area contributed by atoms with Crippen molar-refractivity contribution in [2.24, 2.45) is 0 Å². The van der Waals surface area contributed by atoms with Crippen molar-refractivity contribution in [2.75, 3.05) is 50.8 Å². The van der Waals surface area contributed by atoms with Crippen LogP contribution in [0.25, 0.3) is 22.3 Å². The van der Waals surface area contributed by atoms with Crippen molar-refractivity contribution in [2.45, 2.75) is 38.5 Å². The largest absolute Gasteiger partial charge is 0.379 e. The van der Waals surface area contributed by atoms with Gasteiger partial charge >= 0.3 is 0 Å². The molecule has 6 heteroatoms. The summed E-state index contributed by atoms with van der Waals surface area (Å²) in [5.74, 6) is 0. The molecule has 1 fully saturated rings. The van der Waals surface area contributed by atoms with E-state index in [0.29, 0.717) is 0 Å². The van der Waals surface area contributed by atoms with Gasteiger partial charge in [0.1, 0.15) is 0 Å². The number of hydrogen-bond donors (Lipinski definition) is 2. The molecule has 0 spiro atoms. The Labute approximate surface area is 177 Å². The van der Waals surface area contributed by atoms with Gasteiger partial charge in [0, 0.05) is 54.7 Å². The molecule has 0 saturated carbocycles. The molecular weight excluding hydrogens is 374 g/mol. The smallest absolute Gasteiger partial charge is 0.0847 e. The Kier molecular flexibility index (Phi) is 4.22. The average molecular weight is 406 g/mol. The standard InChI is InChI=1S/C24H31N5O/c1-24(2)15-29(7-6-28-8-10-30-11-9-28)21-12-18-17-5-3-4-16-14-25-27-22(16)23(17)26-20(18)13-19(21)24/h12-14,26H,3-11,15H2,1-2H3,(H,25,27). The first kappa shape index (κ1) is 18.5. The Balaban J connectivity index is 1.39. The van der Waals surface area contributed by atoms with Gasteiger partial charge in [-0.25, -0.2) is 0 Å². The van der Waals surface area contributed by atoms with Crippen LogP contribution >= 0.6 is 0 Å². The highest BCUT2D eigenvalue weighted by Crippen LogP contribution is 2.45. The van der Waals surface area contributed by atoms with Crippen LogP contribution in [0, 0.1) is 0 Å². The molecule has 6 nitrogen and oxygen atoms in total. The minimum atomic E-state index is 0.163. The lowest BCUT2D eigenvalue weighted by Gasteiger charge is -2.30. The molecule has 2 N–H and O–H groups in total. The van der Waals surface area contributed by atoms with Crippen molar-refractivity contribution < 1.29 is 4.74 Å². The predicted molar refractivity (Wildman–Crippen MR) is 120 cm³/mol. The zero-order valence-corrected chi connectivity index (χ0v) is 18.1. The average Bonchev–Trinajstić information content (AvgIpc) is 3.38. The van der Waals surface area contributed by atoms with E-state index in [1.165, 1.54) is 51.1 Å². The third-order valence-electron chi connectivity index (χ3n) is 7.31. The third-order valence-corrected chi connectivity index (χ3v) is 7.31. The molecule has 0 atom stereocenters. The molecule has 6 rings (SSSR count). The van der Waals surface area contributed by atoms with E-state index in [1.54, 1.807) is 0 Å². The van der Waals surface area contributed by atoms with Crippen LogP contribution in [0.5, 0.6) is 0 Å². The molecule has 2 aliphatic heterocycles. The van der Waals surface area contributed by atoms with E-state index in [4.69, 9.17) is 4.74 Å². The van der Waals surface area contributed by atoms with Crippen LogP contribution in [0.4, 0.5) is 5.69 Å². The molecule has 0 bridgehead atoms. The van der Waals surface area contributed by atoms with Crippen LogP contribution in [0.2, 0.25) is 0 Å². The maximum atomic E-state index is 5.52. The topological polar surface area (TPSA) is 60.2 Å². The number of fused-ring (bicyclic) bond motifs is 6. The van der Waals surface area contributed by atoms with Gasteiger partial charge in [0.05, 0.1) is 30.8 Å². The monoisotopic (exact) mass is 405 g/mol. The maximum absolute atomic E-state index is 5.52. The van der Waals surface area contributed by atoms with E-state index < -0.39 is 0 Å². The quantitative estimate of drug-likeness (QED) is 0.700. The van der Waals surface area contributed by atoms with Gasteiger partial charge in [0.15, 0.2) is 0 Å². The molecule has 1 aromatic carbocycles. The van der Waals surface area contributed by atoms with Crippen molar-refractivity contribution >= 4 is 16.6 Å². The third kappa shape index (κ3) is 2.88. The molecule has 3 aliphatic rings. The molecule has 0 unspecified atom stereocenters. The Morgan fingerprint density at radius 3 is 2.83 bits per heavy atom. The molecule has 30 heavy (non-hydrogen) atoms. The van der Waals surface area contributed by atoms with Crippen LogP contribution in [0.1, 0.15) is 37.0 Å². The zero-order chi connectivity index (χ0) is 20.3. The molecule has 158 valence electrons. The second-order valence-corrected chi connectivity index (χ2v) is 9.78. The van der Waals surface area contributed by atoms with Gasteiger partial charge < -0.3 is 14.6 Å². The highest BCUT2D eigenvalue weighted by molar-refractivity contribution is 5.95. The Hall–Kier alpha value is -2.31. The van der Waals surface area contributed by atoms with Gasteiger partial charge in [-0.05, 0) is 48.1 Å². The minimum Gasteiger partial charge on any atom is -0.379 e. The normalized spacial score (nSPS) is 20.8. The summed E-state index contributed by atoms with van der Waals surface area (Å²) in [5, 5.41) is 8.95. The fraction of sp³-hybridized carbons (Fsp3) is 0.542. The summed E-state index contributed by atoms with van der Waals surface area (Å²) in [4.78, 5) is 8.90. The molecule has 3 aromatic rings. The zero-order valence-electron chi connectivity index (χ0n) is 18.1. The van der Waals surface area contributed by atoms with Crippen molar-refractivity contribution in [3.63, 3.8) is 0 Å².